The van der Waals surface area contributed by atoms with Gasteiger partial charge in [0.25, 0.3) is 0 Å². The maximum atomic E-state index is 10.9. The van der Waals surface area contributed by atoms with Gasteiger partial charge in [0.2, 0.25) is 0 Å². The Bertz CT molecular complexity index is 284. The van der Waals surface area contributed by atoms with Crippen molar-refractivity contribution in [2.45, 2.75) is 24.4 Å². The van der Waals surface area contributed by atoms with E-state index in [9.17, 15) is 9.59 Å². The third kappa shape index (κ3) is 1.30. The highest BCUT2D eigenvalue weighted by Crippen LogP contribution is 2.32. The minimum Gasteiger partial charge on any atom is -0.431 e. The number of rotatable bonds is 0. The van der Waals surface area contributed by atoms with Crippen LogP contribution in [0, 0.1) is 0 Å². The van der Waals surface area contributed by atoms with Gasteiger partial charge in [-0.15, -0.1) is 0 Å². The van der Waals surface area contributed by atoms with Crippen molar-refractivity contribution in [2.75, 3.05) is 13.2 Å². The molecule has 0 amide bonds. The van der Waals surface area contributed by atoms with Crippen molar-refractivity contribution < 1.29 is 33.3 Å². The summed E-state index contributed by atoms with van der Waals surface area (Å²) in [4.78, 5) is 21.8. The standard InChI is InChI=1S/C8H8O7/c9-7-11-1-3-5(14-7)6-4(13-3)2-12-8(10)15-6/h3-6H,1-2H2. The lowest BCUT2D eigenvalue weighted by molar-refractivity contribution is -0.0938. The van der Waals surface area contributed by atoms with Crippen LogP contribution in [0.2, 0.25) is 0 Å². The van der Waals surface area contributed by atoms with Gasteiger partial charge >= 0.3 is 12.3 Å². The second-order valence-corrected chi connectivity index (χ2v) is 3.50. The van der Waals surface area contributed by atoms with Gasteiger partial charge < -0.3 is 23.7 Å². The fourth-order valence-corrected chi connectivity index (χ4v) is 1.95. The van der Waals surface area contributed by atoms with Crippen LogP contribution in [0.15, 0.2) is 0 Å². The van der Waals surface area contributed by atoms with Crippen molar-refractivity contribution in [3.63, 3.8) is 0 Å². The van der Waals surface area contributed by atoms with Crippen molar-refractivity contribution in [2.24, 2.45) is 0 Å². The van der Waals surface area contributed by atoms with Gasteiger partial charge in [0, 0.05) is 0 Å². The fourth-order valence-electron chi connectivity index (χ4n) is 1.95. The number of carbonyl (C=O) groups is 2. The van der Waals surface area contributed by atoms with Crippen LogP contribution in [0.4, 0.5) is 9.59 Å². The minimum absolute atomic E-state index is 0.119. The zero-order valence-electron chi connectivity index (χ0n) is 7.58. The summed E-state index contributed by atoms with van der Waals surface area (Å²) in [7, 11) is 0. The smallest absolute Gasteiger partial charge is 0.431 e. The summed E-state index contributed by atoms with van der Waals surface area (Å²) in [5.41, 5.74) is 0. The molecule has 0 aliphatic carbocycles. The first kappa shape index (κ1) is 8.78. The number of carbonyl (C=O) groups excluding carboxylic acids is 2. The van der Waals surface area contributed by atoms with E-state index in [0.717, 1.165) is 0 Å². The van der Waals surface area contributed by atoms with Crippen LogP contribution in [0.5, 0.6) is 0 Å². The number of fused-ring (bicyclic) bond motifs is 3. The van der Waals surface area contributed by atoms with E-state index in [1.54, 1.807) is 0 Å². The second-order valence-electron chi connectivity index (χ2n) is 3.50. The zero-order chi connectivity index (χ0) is 10.4. The average Bonchev–Trinajstić information content (AvgIpc) is 2.56. The van der Waals surface area contributed by atoms with E-state index in [1.807, 2.05) is 0 Å². The summed E-state index contributed by atoms with van der Waals surface area (Å²) in [5, 5.41) is 0. The Morgan fingerprint density at radius 1 is 0.867 bits per heavy atom. The van der Waals surface area contributed by atoms with Crippen LogP contribution in [0.1, 0.15) is 0 Å². The highest BCUT2D eigenvalue weighted by Gasteiger charge is 2.54. The molecule has 4 unspecified atom stereocenters. The SMILES string of the molecule is O=C1OCC2OC3COC(=O)OC3C2O1. The lowest BCUT2D eigenvalue weighted by Gasteiger charge is -2.28. The normalized spacial score (nSPS) is 42.9. The Balaban J connectivity index is 1.80. The van der Waals surface area contributed by atoms with Crippen LogP contribution in [0.25, 0.3) is 0 Å². The van der Waals surface area contributed by atoms with Gasteiger partial charge in [-0.2, -0.15) is 0 Å². The minimum atomic E-state index is -0.761. The zero-order valence-corrected chi connectivity index (χ0v) is 7.58. The van der Waals surface area contributed by atoms with Crippen LogP contribution in [0.3, 0.4) is 0 Å². The van der Waals surface area contributed by atoms with E-state index in [0.29, 0.717) is 0 Å². The van der Waals surface area contributed by atoms with Crippen LogP contribution in [-0.2, 0) is 23.7 Å². The predicted octanol–water partition coefficient (Wildman–Crippen LogP) is -0.175. The predicted molar refractivity (Wildman–Crippen MR) is 41.1 cm³/mol. The molecule has 0 N–H and O–H groups in total. The Labute approximate surface area is 84.2 Å². The molecule has 0 aromatic carbocycles. The summed E-state index contributed by atoms with van der Waals surface area (Å²) in [6.07, 6.45) is -3.45. The molecule has 7 heteroatoms. The number of hydrogen-bond donors (Lipinski definition) is 0. The van der Waals surface area contributed by atoms with Gasteiger partial charge in [-0.1, -0.05) is 0 Å². The number of cyclic esters (lactones) is 2. The first-order valence-corrected chi connectivity index (χ1v) is 4.56. The number of hydrogen-bond acceptors (Lipinski definition) is 7. The molecule has 0 aromatic heterocycles. The summed E-state index contributed by atoms with van der Waals surface area (Å²) < 4.78 is 24.6. The Morgan fingerprint density at radius 2 is 1.33 bits per heavy atom. The molecule has 3 fully saturated rings. The Hall–Kier alpha value is -1.50. The first-order chi connectivity index (χ1) is 7.24. The van der Waals surface area contributed by atoms with E-state index in [4.69, 9.17) is 14.2 Å². The van der Waals surface area contributed by atoms with Crippen molar-refractivity contribution in [1.82, 2.24) is 0 Å². The van der Waals surface area contributed by atoms with Crippen LogP contribution in [-0.4, -0.2) is 49.9 Å². The molecule has 0 aromatic rings. The molecule has 0 radical (unpaired) electrons. The molecule has 4 atom stereocenters. The van der Waals surface area contributed by atoms with Gasteiger partial charge in [-0.05, 0) is 0 Å². The van der Waals surface area contributed by atoms with Crippen molar-refractivity contribution in [1.29, 1.82) is 0 Å². The van der Waals surface area contributed by atoms with Gasteiger partial charge in [0.1, 0.15) is 25.4 Å². The van der Waals surface area contributed by atoms with Crippen molar-refractivity contribution in [3.05, 3.63) is 0 Å². The Kier molecular flexibility index (Phi) is 1.75. The van der Waals surface area contributed by atoms with Gasteiger partial charge in [0.05, 0.1) is 0 Å². The highest BCUT2D eigenvalue weighted by atomic mass is 16.8. The molecular weight excluding hydrogens is 208 g/mol. The quantitative estimate of drug-likeness (QED) is 0.519. The average molecular weight is 216 g/mol. The van der Waals surface area contributed by atoms with E-state index in [2.05, 4.69) is 9.47 Å². The van der Waals surface area contributed by atoms with Crippen LogP contribution >= 0.6 is 0 Å². The molecule has 15 heavy (non-hydrogen) atoms. The molecule has 3 heterocycles. The molecular formula is C8H8O7. The lowest BCUT2D eigenvalue weighted by Crippen LogP contribution is -2.47. The summed E-state index contributed by atoms with van der Waals surface area (Å²) in [5.74, 6) is 0. The second kappa shape index (κ2) is 2.99. The van der Waals surface area contributed by atoms with Crippen LogP contribution < -0.4 is 0 Å². The summed E-state index contributed by atoms with van der Waals surface area (Å²) in [6.45, 7) is 0.238. The monoisotopic (exact) mass is 216 g/mol. The van der Waals surface area contributed by atoms with Gasteiger partial charge in [0.15, 0.2) is 12.2 Å². The third-order valence-electron chi connectivity index (χ3n) is 2.60. The van der Waals surface area contributed by atoms with E-state index in [-0.39, 0.29) is 25.4 Å². The summed E-state index contributed by atoms with van der Waals surface area (Å²) >= 11 is 0. The molecule has 3 saturated heterocycles. The van der Waals surface area contributed by atoms with Crippen molar-refractivity contribution >= 4 is 12.3 Å². The van der Waals surface area contributed by atoms with Crippen molar-refractivity contribution in [3.8, 4) is 0 Å². The van der Waals surface area contributed by atoms with E-state index >= 15 is 0 Å². The van der Waals surface area contributed by atoms with E-state index in [1.165, 1.54) is 0 Å². The molecule has 0 saturated carbocycles. The molecule has 3 aliphatic rings. The third-order valence-corrected chi connectivity index (χ3v) is 2.60. The summed E-state index contributed by atoms with van der Waals surface area (Å²) in [6, 6.07) is 0. The lowest BCUT2D eigenvalue weighted by atomic mass is 10.1. The van der Waals surface area contributed by atoms with Gasteiger partial charge in [-0.3, -0.25) is 0 Å². The Morgan fingerprint density at radius 3 is 1.80 bits per heavy atom. The molecule has 82 valence electrons. The van der Waals surface area contributed by atoms with E-state index < -0.39 is 24.5 Å². The molecule has 3 aliphatic heterocycles. The molecule has 0 bridgehead atoms. The fraction of sp³-hybridized carbons (Fsp3) is 0.750. The molecule has 0 spiro atoms. The maximum Gasteiger partial charge on any atom is 0.508 e. The topological polar surface area (TPSA) is 80.3 Å². The van der Waals surface area contributed by atoms with Gasteiger partial charge in [-0.25, -0.2) is 9.59 Å². The largest absolute Gasteiger partial charge is 0.508 e. The highest BCUT2D eigenvalue weighted by molar-refractivity contribution is 5.63. The first-order valence-electron chi connectivity index (χ1n) is 4.56. The number of ether oxygens (including phenoxy) is 5. The maximum absolute atomic E-state index is 10.9. The molecule has 7 nitrogen and oxygen atoms in total. The molecule has 3 rings (SSSR count).